The molecule has 1 heterocycles. The lowest BCUT2D eigenvalue weighted by Crippen LogP contribution is -2.29. The Balaban J connectivity index is 2.48. The topological polar surface area (TPSA) is 41.6 Å². The molecule has 44 valence electrons. The van der Waals surface area contributed by atoms with E-state index in [0.29, 0.717) is 0 Å². The van der Waals surface area contributed by atoms with Crippen molar-refractivity contribution in [3.8, 4) is 0 Å². The van der Waals surface area contributed by atoms with Crippen LogP contribution < -0.4 is 5.59 Å². The first-order chi connectivity index (χ1) is 3.80. The van der Waals surface area contributed by atoms with Gasteiger partial charge in [0.1, 0.15) is 6.26 Å². The van der Waals surface area contributed by atoms with E-state index in [2.05, 4.69) is 10.4 Å². The van der Waals surface area contributed by atoms with Gasteiger partial charge in [0.25, 0.3) is 0 Å². The fourth-order valence-corrected chi connectivity index (χ4v) is 0.394. The van der Waals surface area contributed by atoms with Crippen LogP contribution in [0.25, 0.3) is 0 Å². The Kier molecular flexibility index (Phi) is 1.36. The fraction of sp³-hybridized carbons (Fsp3) is 0. The molecule has 4 nitrogen and oxygen atoms in total. The van der Waals surface area contributed by atoms with Crippen LogP contribution in [0.5, 0.6) is 0 Å². The lowest BCUT2D eigenvalue weighted by atomic mass is 10.9. The van der Waals surface area contributed by atoms with E-state index in [-0.39, 0.29) is 0 Å². The SMILES string of the molecule is O=C(Cl)N1C=CON1. The van der Waals surface area contributed by atoms with Crippen LogP contribution in [0.1, 0.15) is 0 Å². The molecule has 0 aromatic rings. The highest BCUT2D eigenvalue weighted by Gasteiger charge is 2.09. The standard InChI is InChI=1S/C3H3ClN2O2/c4-3(7)6-1-2-8-5-6/h1-2,5H. The molecule has 0 fully saturated rings. The number of nitrogens with zero attached hydrogens (tertiary/aromatic N) is 1. The average Bonchev–Trinajstić information content (AvgIpc) is 2.12. The summed E-state index contributed by atoms with van der Waals surface area (Å²) in [5.41, 5.74) is 2.20. The molecule has 8 heavy (non-hydrogen) atoms. The van der Waals surface area contributed by atoms with Gasteiger partial charge in [-0.05, 0) is 11.6 Å². The van der Waals surface area contributed by atoms with Gasteiger partial charge in [0, 0.05) is 0 Å². The zero-order chi connectivity index (χ0) is 5.98. The van der Waals surface area contributed by atoms with Crippen molar-refractivity contribution in [2.24, 2.45) is 0 Å². The maximum atomic E-state index is 10.1. The molecule has 0 unspecified atom stereocenters. The van der Waals surface area contributed by atoms with Gasteiger partial charge in [-0.2, -0.15) is 0 Å². The molecule has 0 atom stereocenters. The van der Waals surface area contributed by atoms with E-state index in [1.807, 2.05) is 0 Å². The van der Waals surface area contributed by atoms with E-state index in [1.165, 1.54) is 12.5 Å². The molecule has 1 N–H and O–H groups in total. The third kappa shape index (κ3) is 0.907. The molecule has 1 aliphatic rings. The quantitative estimate of drug-likeness (QED) is 0.389. The van der Waals surface area contributed by atoms with E-state index < -0.39 is 5.37 Å². The van der Waals surface area contributed by atoms with Gasteiger partial charge >= 0.3 is 5.37 Å². The Morgan fingerprint density at radius 2 is 2.62 bits per heavy atom. The van der Waals surface area contributed by atoms with E-state index in [1.54, 1.807) is 0 Å². The highest BCUT2D eigenvalue weighted by molar-refractivity contribution is 6.62. The largest absolute Gasteiger partial charge is 0.395 e. The lowest BCUT2D eigenvalue weighted by molar-refractivity contribution is 0.0637. The molecule has 1 rings (SSSR count). The molecule has 1 amide bonds. The number of hydrazine groups is 1. The molecule has 0 aliphatic carbocycles. The lowest BCUT2D eigenvalue weighted by Gasteiger charge is -2.04. The second-order valence-corrected chi connectivity index (χ2v) is 1.44. The Bertz CT molecular complexity index is 135. The zero-order valence-corrected chi connectivity index (χ0v) is 4.55. The molecule has 0 aromatic carbocycles. The summed E-state index contributed by atoms with van der Waals surface area (Å²) in [5, 5.41) is 0.375. The van der Waals surface area contributed by atoms with Crippen LogP contribution in [0.4, 0.5) is 4.79 Å². The summed E-state index contributed by atoms with van der Waals surface area (Å²) < 4.78 is 0. The predicted octanol–water partition coefficient (Wildman–Crippen LogP) is 0.568. The maximum absolute atomic E-state index is 10.1. The van der Waals surface area contributed by atoms with Crippen LogP contribution in [0.3, 0.4) is 0 Å². The van der Waals surface area contributed by atoms with Gasteiger partial charge in [0.2, 0.25) is 0 Å². The summed E-state index contributed by atoms with van der Waals surface area (Å²) in [5.74, 6) is 0. The van der Waals surface area contributed by atoms with Gasteiger partial charge in [-0.1, -0.05) is 5.59 Å². The van der Waals surface area contributed by atoms with Crippen LogP contribution in [0.2, 0.25) is 0 Å². The number of nitrogens with one attached hydrogen (secondary N) is 1. The minimum Gasteiger partial charge on any atom is -0.395 e. The monoisotopic (exact) mass is 134 g/mol. The van der Waals surface area contributed by atoms with Crippen LogP contribution in [0, 0.1) is 0 Å². The molecular weight excluding hydrogens is 131 g/mol. The Hall–Kier alpha value is -0.740. The molecule has 0 saturated heterocycles. The van der Waals surface area contributed by atoms with Gasteiger partial charge in [-0.15, -0.1) is 0 Å². The first kappa shape index (κ1) is 5.40. The van der Waals surface area contributed by atoms with E-state index >= 15 is 0 Å². The average molecular weight is 135 g/mol. The van der Waals surface area contributed by atoms with Crippen LogP contribution in [-0.2, 0) is 4.84 Å². The summed E-state index contributed by atoms with van der Waals surface area (Å²) in [7, 11) is 0. The number of carbonyl (C=O) groups is 1. The number of amides is 1. The smallest absolute Gasteiger partial charge is 0.337 e. The first-order valence-electron chi connectivity index (χ1n) is 1.87. The normalized spacial score (nSPS) is 16.4. The Morgan fingerprint density at radius 3 is 2.88 bits per heavy atom. The van der Waals surface area contributed by atoms with E-state index in [9.17, 15) is 4.79 Å². The summed E-state index contributed by atoms with van der Waals surface area (Å²) in [4.78, 5) is 14.6. The highest BCUT2D eigenvalue weighted by atomic mass is 35.5. The molecule has 0 spiro atoms. The number of halogens is 1. The summed E-state index contributed by atoms with van der Waals surface area (Å²) in [6.45, 7) is 0. The van der Waals surface area contributed by atoms with Gasteiger partial charge in [-0.3, -0.25) is 4.79 Å². The van der Waals surface area contributed by atoms with Crippen molar-refractivity contribution in [3.63, 3.8) is 0 Å². The van der Waals surface area contributed by atoms with Crippen molar-refractivity contribution < 1.29 is 9.63 Å². The predicted molar refractivity (Wildman–Crippen MR) is 26.4 cm³/mol. The van der Waals surface area contributed by atoms with Crippen molar-refractivity contribution in [1.29, 1.82) is 0 Å². The molecule has 1 aliphatic heterocycles. The second kappa shape index (κ2) is 2.02. The van der Waals surface area contributed by atoms with E-state index in [0.717, 1.165) is 5.01 Å². The van der Waals surface area contributed by atoms with Gasteiger partial charge in [0.15, 0.2) is 0 Å². The van der Waals surface area contributed by atoms with E-state index in [4.69, 9.17) is 11.6 Å². The number of hydrogen-bond donors (Lipinski definition) is 1. The number of carbonyl (C=O) groups excluding carboxylic acids is 1. The van der Waals surface area contributed by atoms with Crippen molar-refractivity contribution in [2.75, 3.05) is 0 Å². The van der Waals surface area contributed by atoms with Gasteiger partial charge in [-0.25, -0.2) is 5.01 Å². The molecular formula is C3H3ClN2O2. The third-order valence-corrected chi connectivity index (χ3v) is 0.801. The molecule has 0 bridgehead atoms. The van der Waals surface area contributed by atoms with Gasteiger partial charge < -0.3 is 4.84 Å². The minimum atomic E-state index is -0.626. The van der Waals surface area contributed by atoms with Crippen LogP contribution >= 0.6 is 11.6 Å². The van der Waals surface area contributed by atoms with Gasteiger partial charge in [0.05, 0.1) is 6.20 Å². The number of rotatable bonds is 0. The minimum absolute atomic E-state index is 0.626. The van der Waals surface area contributed by atoms with Crippen molar-refractivity contribution >= 4 is 17.0 Å². The van der Waals surface area contributed by atoms with Crippen molar-refractivity contribution in [2.45, 2.75) is 0 Å². The summed E-state index contributed by atoms with van der Waals surface area (Å²) in [6, 6.07) is 0. The molecule has 0 radical (unpaired) electrons. The fourth-order valence-electron chi connectivity index (χ4n) is 0.303. The third-order valence-electron chi connectivity index (χ3n) is 0.618. The second-order valence-electron chi connectivity index (χ2n) is 1.12. The first-order valence-corrected chi connectivity index (χ1v) is 2.25. The van der Waals surface area contributed by atoms with Crippen LogP contribution in [-0.4, -0.2) is 10.4 Å². The molecule has 5 heteroatoms. The number of hydrogen-bond acceptors (Lipinski definition) is 3. The summed E-state index contributed by atoms with van der Waals surface area (Å²) >= 11 is 4.98. The molecule has 0 saturated carbocycles. The Labute approximate surface area is 50.6 Å². The summed E-state index contributed by atoms with van der Waals surface area (Å²) in [6.07, 6.45) is 2.68. The maximum Gasteiger partial charge on any atom is 0.337 e. The van der Waals surface area contributed by atoms with Crippen LogP contribution in [0.15, 0.2) is 12.5 Å². The zero-order valence-electron chi connectivity index (χ0n) is 3.80. The highest BCUT2D eigenvalue weighted by Crippen LogP contribution is 1.98. The van der Waals surface area contributed by atoms with Crippen molar-refractivity contribution in [3.05, 3.63) is 12.5 Å². The van der Waals surface area contributed by atoms with Crippen molar-refractivity contribution in [1.82, 2.24) is 10.6 Å². The Morgan fingerprint density at radius 1 is 1.88 bits per heavy atom. The molecule has 0 aromatic heterocycles.